The van der Waals surface area contributed by atoms with E-state index in [9.17, 15) is 9.59 Å². The van der Waals surface area contributed by atoms with E-state index in [2.05, 4.69) is 24.5 Å². The molecule has 0 aliphatic rings. The van der Waals surface area contributed by atoms with Gasteiger partial charge in [-0.15, -0.1) is 0 Å². The molecule has 1 atom stereocenters. The van der Waals surface area contributed by atoms with Crippen LogP contribution in [0.5, 0.6) is 0 Å². The van der Waals surface area contributed by atoms with Crippen LogP contribution in [0.3, 0.4) is 0 Å². The summed E-state index contributed by atoms with van der Waals surface area (Å²) in [6, 6.07) is -0.194. The van der Waals surface area contributed by atoms with Crippen LogP contribution in [0.2, 0.25) is 0 Å². The van der Waals surface area contributed by atoms with Crippen molar-refractivity contribution in [3.63, 3.8) is 0 Å². The van der Waals surface area contributed by atoms with Gasteiger partial charge in [-0.2, -0.15) is 11.8 Å². The van der Waals surface area contributed by atoms with Gasteiger partial charge in [0, 0.05) is 17.8 Å². The van der Waals surface area contributed by atoms with Crippen LogP contribution in [0.25, 0.3) is 0 Å². The van der Waals surface area contributed by atoms with Gasteiger partial charge in [0.05, 0.1) is 5.92 Å². The summed E-state index contributed by atoms with van der Waals surface area (Å²) in [4.78, 5) is 22.0. The molecule has 0 rings (SSSR count). The molecule has 106 valence electrons. The number of carboxylic acid groups (broad SMARTS) is 1. The van der Waals surface area contributed by atoms with Crippen LogP contribution in [0.1, 0.15) is 33.6 Å². The molecule has 0 aliphatic carbocycles. The quantitative estimate of drug-likeness (QED) is 0.592. The van der Waals surface area contributed by atoms with Crippen molar-refractivity contribution in [3.05, 3.63) is 0 Å². The second kappa shape index (κ2) is 8.24. The molecule has 6 heteroatoms. The summed E-state index contributed by atoms with van der Waals surface area (Å²) in [7, 11) is 0. The van der Waals surface area contributed by atoms with E-state index in [0.29, 0.717) is 25.9 Å². The first kappa shape index (κ1) is 17.1. The van der Waals surface area contributed by atoms with E-state index >= 15 is 0 Å². The fourth-order valence-corrected chi connectivity index (χ4v) is 1.38. The van der Waals surface area contributed by atoms with Crippen molar-refractivity contribution in [3.8, 4) is 0 Å². The van der Waals surface area contributed by atoms with Gasteiger partial charge in [-0.25, -0.2) is 4.79 Å². The average Bonchev–Trinajstić information content (AvgIpc) is 2.31. The van der Waals surface area contributed by atoms with Gasteiger partial charge in [-0.3, -0.25) is 4.79 Å². The third-order valence-corrected chi connectivity index (χ3v) is 4.00. The van der Waals surface area contributed by atoms with Gasteiger partial charge in [0.2, 0.25) is 0 Å². The molecule has 2 amide bonds. The highest BCUT2D eigenvalue weighted by molar-refractivity contribution is 7.99. The van der Waals surface area contributed by atoms with Crippen LogP contribution in [0.4, 0.5) is 4.79 Å². The monoisotopic (exact) mass is 276 g/mol. The van der Waals surface area contributed by atoms with E-state index < -0.39 is 5.97 Å². The molecule has 0 aliphatic heterocycles. The predicted octanol–water partition coefficient (Wildman–Crippen LogP) is 1.93. The standard InChI is InChI=1S/C12H24N2O3S/c1-9(10(15)16)6-5-7-13-11(17)14-8-12(2,3)18-4/h9H,5-8H2,1-4H3,(H,15,16)(H2,13,14,17). The normalized spacial score (nSPS) is 12.9. The number of hydrogen-bond donors (Lipinski definition) is 3. The average molecular weight is 276 g/mol. The minimum absolute atomic E-state index is 0.0230. The Kier molecular flexibility index (Phi) is 7.82. The van der Waals surface area contributed by atoms with E-state index in [1.807, 2.05) is 6.26 Å². The molecular weight excluding hydrogens is 252 g/mol. The van der Waals surface area contributed by atoms with Gasteiger partial charge >= 0.3 is 12.0 Å². The van der Waals surface area contributed by atoms with E-state index in [1.165, 1.54) is 0 Å². The Morgan fingerprint density at radius 1 is 1.33 bits per heavy atom. The SMILES string of the molecule is CSC(C)(C)CNC(=O)NCCCC(C)C(=O)O. The van der Waals surface area contributed by atoms with Gasteiger partial charge in [0.15, 0.2) is 0 Å². The van der Waals surface area contributed by atoms with Gasteiger partial charge in [-0.05, 0) is 32.9 Å². The Bertz CT molecular complexity index is 282. The van der Waals surface area contributed by atoms with Crippen LogP contribution >= 0.6 is 11.8 Å². The summed E-state index contributed by atoms with van der Waals surface area (Å²) in [6.07, 6.45) is 3.26. The highest BCUT2D eigenvalue weighted by Crippen LogP contribution is 2.19. The van der Waals surface area contributed by atoms with Gasteiger partial charge in [0.1, 0.15) is 0 Å². The summed E-state index contributed by atoms with van der Waals surface area (Å²) in [5.74, 6) is -1.15. The number of rotatable bonds is 8. The van der Waals surface area contributed by atoms with Gasteiger partial charge in [0.25, 0.3) is 0 Å². The van der Waals surface area contributed by atoms with Crippen molar-refractivity contribution in [2.75, 3.05) is 19.3 Å². The zero-order chi connectivity index (χ0) is 14.2. The predicted molar refractivity (Wildman–Crippen MR) is 75.0 cm³/mol. The molecule has 0 aromatic rings. The maximum atomic E-state index is 11.4. The van der Waals surface area contributed by atoms with Crippen molar-refractivity contribution in [2.24, 2.45) is 5.92 Å². The fraction of sp³-hybridized carbons (Fsp3) is 0.833. The Labute approximate surface area is 113 Å². The lowest BCUT2D eigenvalue weighted by Crippen LogP contribution is -2.42. The second-order valence-corrected chi connectivity index (χ2v) is 6.47. The molecule has 0 saturated heterocycles. The largest absolute Gasteiger partial charge is 0.481 e. The minimum Gasteiger partial charge on any atom is -0.481 e. The highest BCUT2D eigenvalue weighted by atomic mass is 32.2. The summed E-state index contributed by atoms with van der Waals surface area (Å²) in [6.45, 7) is 6.90. The van der Waals surface area contributed by atoms with Crippen LogP contribution in [0.15, 0.2) is 0 Å². The molecule has 0 aromatic carbocycles. The number of urea groups is 1. The molecule has 18 heavy (non-hydrogen) atoms. The lowest BCUT2D eigenvalue weighted by molar-refractivity contribution is -0.141. The zero-order valence-electron chi connectivity index (χ0n) is 11.6. The molecule has 0 bridgehead atoms. The number of hydrogen-bond acceptors (Lipinski definition) is 3. The highest BCUT2D eigenvalue weighted by Gasteiger charge is 2.16. The Balaban J connectivity index is 3.63. The first-order chi connectivity index (χ1) is 8.28. The number of amides is 2. The number of carboxylic acids is 1. The Morgan fingerprint density at radius 2 is 1.94 bits per heavy atom. The third kappa shape index (κ3) is 8.22. The lowest BCUT2D eigenvalue weighted by atomic mass is 10.1. The Morgan fingerprint density at radius 3 is 2.44 bits per heavy atom. The number of carbonyl (C=O) groups is 2. The summed E-state index contributed by atoms with van der Waals surface area (Å²) in [5.41, 5.74) is 0. The summed E-state index contributed by atoms with van der Waals surface area (Å²) >= 11 is 1.70. The van der Waals surface area contributed by atoms with Crippen LogP contribution in [-0.2, 0) is 4.79 Å². The third-order valence-electron chi connectivity index (χ3n) is 2.75. The van der Waals surface area contributed by atoms with Crippen molar-refractivity contribution < 1.29 is 14.7 Å². The summed E-state index contributed by atoms with van der Waals surface area (Å²) in [5, 5.41) is 14.2. The lowest BCUT2D eigenvalue weighted by Gasteiger charge is -2.22. The summed E-state index contributed by atoms with van der Waals surface area (Å²) < 4.78 is 0.0230. The van der Waals surface area contributed by atoms with Crippen molar-refractivity contribution in [2.45, 2.75) is 38.4 Å². The number of aliphatic carboxylic acids is 1. The van der Waals surface area contributed by atoms with Gasteiger partial charge < -0.3 is 15.7 Å². The molecule has 0 heterocycles. The van der Waals surface area contributed by atoms with Crippen molar-refractivity contribution in [1.29, 1.82) is 0 Å². The maximum absolute atomic E-state index is 11.4. The van der Waals surface area contributed by atoms with Crippen molar-refractivity contribution >= 4 is 23.8 Å². The molecule has 0 radical (unpaired) electrons. The first-order valence-corrected chi connectivity index (χ1v) is 7.30. The van der Waals surface area contributed by atoms with Gasteiger partial charge in [-0.1, -0.05) is 6.92 Å². The molecule has 0 saturated carbocycles. The van der Waals surface area contributed by atoms with Crippen LogP contribution in [0, 0.1) is 5.92 Å². The van der Waals surface area contributed by atoms with E-state index in [0.717, 1.165) is 0 Å². The minimum atomic E-state index is -0.791. The Hall–Kier alpha value is -0.910. The molecular formula is C12H24N2O3S. The number of carbonyl (C=O) groups excluding carboxylic acids is 1. The number of nitrogens with one attached hydrogen (secondary N) is 2. The number of thioether (sulfide) groups is 1. The second-order valence-electron chi connectivity index (χ2n) is 4.95. The van der Waals surface area contributed by atoms with E-state index in [1.54, 1.807) is 18.7 Å². The first-order valence-electron chi connectivity index (χ1n) is 6.08. The zero-order valence-corrected chi connectivity index (χ0v) is 12.4. The molecule has 5 nitrogen and oxygen atoms in total. The fourth-order valence-electron chi connectivity index (χ4n) is 1.16. The maximum Gasteiger partial charge on any atom is 0.314 e. The molecule has 0 spiro atoms. The molecule has 0 fully saturated rings. The smallest absolute Gasteiger partial charge is 0.314 e. The molecule has 1 unspecified atom stereocenters. The van der Waals surface area contributed by atoms with Crippen LogP contribution < -0.4 is 10.6 Å². The molecule has 3 N–H and O–H groups in total. The topological polar surface area (TPSA) is 78.4 Å². The van der Waals surface area contributed by atoms with E-state index in [4.69, 9.17) is 5.11 Å². The van der Waals surface area contributed by atoms with Crippen LogP contribution in [-0.4, -0.2) is 41.2 Å². The van der Waals surface area contributed by atoms with Crippen molar-refractivity contribution in [1.82, 2.24) is 10.6 Å². The van der Waals surface area contributed by atoms with E-state index in [-0.39, 0.29) is 16.7 Å². The molecule has 0 aromatic heterocycles.